The number of hydrogen-bond donors (Lipinski definition) is 0. The largest absolute Gasteiger partial charge is 0.497 e. The highest BCUT2D eigenvalue weighted by atomic mass is 32.2. The summed E-state index contributed by atoms with van der Waals surface area (Å²) in [5, 5.41) is -0.0434. The number of unbranched alkanes of at least 4 members (excludes halogenated alkanes) is 1. The molecule has 144 valence electrons. The number of nitrogens with zero attached hydrogens (tertiary/aromatic N) is 1. The number of ether oxygens (including phenoxy) is 2. The molecule has 5 heteroatoms. The first-order valence-corrected chi connectivity index (χ1v) is 10.5. The SMILES string of the molecule is CCCCc1ccc(C(=O)N2CCSC2c2ccc(OC)cc2OC)cc1. The third-order valence-corrected chi connectivity index (χ3v) is 6.12. The molecule has 1 amide bonds. The molecular formula is C22H27NO3S. The molecule has 0 aromatic heterocycles. The van der Waals surface area contributed by atoms with Crippen LogP contribution in [0.4, 0.5) is 0 Å². The predicted octanol–water partition coefficient (Wildman–Crippen LogP) is 4.93. The molecule has 1 fully saturated rings. The summed E-state index contributed by atoms with van der Waals surface area (Å²) in [5.41, 5.74) is 3.04. The van der Waals surface area contributed by atoms with Crippen molar-refractivity contribution in [3.05, 3.63) is 59.2 Å². The Morgan fingerprint density at radius 3 is 2.59 bits per heavy atom. The summed E-state index contributed by atoms with van der Waals surface area (Å²) < 4.78 is 10.8. The number of carbonyl (C=O) groups excluding carboxylic acids is 1. The van der Waals surface area contributed by atoms with Crippen LogP contribution >= 0.6 is 11.8 Å². The van der Waals surface area contributed by atoms with E-state index in [2.05, 4.69) is 19.1 Å². The van der Waals surface area contributed by atoms with Gasteiger partial charge in [0.2, 0.25) is 0 Å². The van der Waals surface area contributed by atoms with Crippen LogP contribution in [-0.4, -0.2) is 37.3 Å². The second-order valence-electron chi connectivity index (χ2n) is 6.63. The first-order valence-electron chi connectivity index (χ1n) is 9.41. The van der Waals surface area contributed by atoms with Crippen molar-refractivity contribution < 1.29 is 14.3 Å². The van der Waals surface area contributed by atoms with Gasteiger partial charge in [-0.05, 0) is 42.7 Å². The standard InChI is InChI=1S/C22H27NO3S/c1-4-5-6-16-7-9-17(10-8-16)21(24)23-13-14-27-22(23)19-12-11-18(25-2)15-20(19)26-3/h7-12,15,22H,4-6,13-14H2,1-3H3. The Kier molecular flexibility index (Phi) is 6.67. The van der Waals surface area contributed by atoms with Gasteiger partial charge >= 0.3 is 0 Å². The van der Waals surface area contributed by atoms with Gasteiger partial charge < -0.3 is 14.4 Å². The zero-order chi connectivity index (χ0) is 19.2. The lowest BCUT2D eigenvalue weighted by Crippen LogP contribution is -2.30. The van der Waals surface area contributed by atoms with Crippen LogP contribution in [0.1, 0.15) is 46.6 Å². The number of hydrogen-bond acceptors (Lipinski definition) is 4. The van der Waals surface area contributed by atoms with E-state index in [0.29, 0.717) is 0 Å². The molecule has 0 aliphatic carbocycles. The highest BCUT2D eigenvalue weighted by Gasteiger charge is 2.33. The van der Waals surface area contributed by atoms with Gasteiger partial charge in [-0.25, -0.2) is 0 Å². The molecule has 2 aromatic carbocycles. The smallest absolute Gasteiger partial charge is 0.255 e. The van der Waals surface area contributed by atoms with Crippen molar-refractivity contribution >= 4 is 17.7 Å². The first kappa shape index (κ1) is 19.6. The van der Waals surface area contributed by atoms with Gasteiger partial charge in [0.25, 0.3) is 5.91 Å². The van der Waals surface area contributed by atoms with Gasteiger partial charge in [-0.15, -0.1) is 11.8 Å². The molecule has 1 atom stereocenters. The minimum atomic E-state index is -0.0434. The van der Waals surface area contributed by atoms with E-state index >= 15 is 0 Å². The van der Waals surface area contributed by atoms with Crippen molar-refractivity contribution in [2.24, 2.45) is 0 Å². The molecule has 1 unspecified atom stereocenters. The average Bonchev–Trinajstić information content (AvgIpc) is 3.21. The van der Waals surface area contributed by atoms with Crippen LogP contribution in [0, 0.1) is 0 Å². The molecule has 3 rings (SSSR count). The molecule has 1 heterocycles. The summed E-state index contributed by atoms with van der Waals surface area (Å²) in [6, 6.07) is 13.9. The maximum atomic E-state index is 13.1. The van der Waals surface area contributed by atoms with Crippen LogP contribution in [0.15, 0.2) is 42.5 Å². The monoisotopic (exact) mass is 385 g/mol. The number of carbonyl (C=O) groups is 1. The average molecular weight is 386 g/mol. The third kappa shape index (κ3) is 4.41. The number of methoxy groups -OCH3 is 2. The molecule has 0 N–H and O–H groups in total. The number of rotatable bonds is 7. The van der Waals surface area contributed by atoms with Crippen LogP contribution in [0.5, 0.6) is 11.5 Å². The molecule has 1 aliphatic rings. The van der Waals surface area contributed by atoms with Crippen molar-refractivity contribution in [1.29, 1.82) is 0 Å². The van der Waals surface area contributed by atoms with Gasteiger partial charge in [-0.3, -0.25) is 4.79 Å². The molecule has 0 bridgehead atoms. The lowest BCUT2D eigenvalue weighted by molar-refractivity contribution is 0.0759. The maximum Gasteiger partial charge on any atom is 0.255 e. The Hall–Kier alpha value is -2.14. The molecule has 27 heavy (non-hydrogen) atoms. The highest BCUT2D eigenvalue weighted by molar-refractivity contribution is 7.99. The van der Waals surface area contributed by atoms with Crippen LogP contribution in [0.25, 0.3) is 0 Å². The Labute approximate surface area is 165 Å². The molecule has 1 aliphatic heterocycles. The molecule has 4 nitrogen and oxygen atoms in total. The fourth-order valence-electron chi connectivity index (χ4n) is 3.32. The van der Waals surface area contributed by atoms with E-state index in [1.807, 2.05) is 35.2 Å². The van der Waals surface area contributed by atoms with Gasteiger partial charge in [0.15, 0.2) is 0 Å². The molecule has 1 saturated heterocycles. The lowest BCUT2D eigenvalue weighted by atomic mass is 10.1. The van der Waals surface area contributed by atoms with Crippen molar-refractivity contribution in [1.82, 2.24) is 4.90 Å². The number of aryl methyl sites for hydroxylation is 1. The van der Waals surface area contributed by atoms with Gasteiger partial charge in [0.1, 0.15) is 16.9 Å². The fourth-order valence-corrected chi connectivity index (χ4v) is 4.60. The van der Waals surface area contributed by atoms with Crippen molar-refractivity contribution in [3.8, 4) is 11.5 Å². The summed E-state index contributed by atoms with van der Waals surface area (Å²) in [6.07, 6.45) is 3.42. The van der Waals surface area contributed by atoms with E-state index in [0.717, 1.165) is 41.3 Å². The molecule has 0 spiro atoms. The normalized spacial score (nSPS) is 16.4. The number of thioether (sulfide) groups is 1. The summed E-state index contributed by atoms with van der Waals surface area (Å²) in [6.45, 7) is 2.93. The summed E-state index contributed by atoms with van der Waals surface area (Å²) in [4.78, 5) is 15.1. The molecule has 2 aromatic rings. The zero-order valence-corrected chi connectivity index (χ0v) is 17.1. The van der Waals surface area contributed by atoms with E-state index in [4.69, 9.17) is 9.47 Å². The molecule has 0 saturated carbocycles. The Morgan fingerprint density at radius 1 is 1.15 bits per heavy atom. The molecular weight excluding hydrogens is 358 g/mol. The number of benzene rings is 2. The highest BCUT2D eigenvalue weighted by Crippen LogP contribution is 2.43. The summed E-state index contributed by atoms with van der Waals surface area (Å²) >= 11 is 1.77. The Morgan fingerprint density at radius 2 is 1.93 bits per heavy atom. The minimum Gasteiger partial charge on any atom is -0.497 e. The van der Waals surface area contributed by atoms with Crippen molar-refractivity contribution in [3.63, 3.8) is 0 Å². The summed E-state index contributed by atoms with van der Waals surface area (Å²) in [5.74, 6) is 2.49. The summed E-state index contributed by atoms with van der Waals surface area (Å²) in [7, 11) is 3.29. The second kappa shape index (κ2) is 9.18. The second-order valence-corrected chi connectivity index (χ2v) is 7.82. The van der Waals surface area contributed by atoms with Gasteiger partial charge in [-0.2, -0.15) is 0 Å². The van der Waals surface area contributed by atoms with Crippen molar-refractivity contribution in [2.45, 2.75) is 31.6 Å². The van der Waals surface area contributed by atoms with Gasteiger partial charge in [-0.1, -0.05) is 25.5 Å². The Bertz CT molecular complexity index is 776. The van der Waals surface area contributed by atoms with E-state index in [9.17, 15) is 4.79 Å². The van der Waals surface area contributed by atoms with Crippen LogP contribution < -0.4 is 9.47 Å². The number of amides is 1. The van der Waals surface area contributed by atoms with Crippen LogP contribution in [0.2, 0.25) is 0 Å². The topological polar surface area (TPSA) is 38.8 Å². The van der Waals surface area contributed by atoms with Gasteiger partial charge in [0, 0.05) is 29.5 Å². The zero-order valence-electron chi connectivity index (χ0n) is 16.2. The van der Waals surface area contributed by atoms with E-state index in [1.54, 1.807) is 26.0 Å². The van der Waals surface area contributed by atoms with E-state index < -0.39 is 0 Å². The maximum absolute atomic E-state index is 13.1. The fraction of sp³-hybridized carbons (Fsp3) is 0.409. The quantitative estimate of drug-likeness (QED) is 0.677. The van der Waals surface area contributed by atoms with Gasteiger partial charge in [0.05, 0.1) is 14.2 Å². The third-order valence-electron chi connectivity index (χ3n) is 4.88. The predicted molar refractivity (Wildman–Crippen MR) is 111 cm³/mol. The molecule has 0 radical (unpaired) electrons. The first-order chi connectivity index (χ1) is 13.2. The van der Waals surface area contributed by atoms with E-state index in [-0.39, 0.29) is 11.3 Å². The van der Waals surface area contributed by atoms with Crippen LogP contribution in [-0.2, 0) is 6.42 Å². The van der Waals surface area contributed by atoms with Crippen molar-refractivity contribution in [2.75, 3.05) is 26.5 Å². The van der Waals surface area contributed by atoms with Crippen LogP contribution in [0.3, 0.4) is 0 Å². The Balaban J connectivity index is 1.80. The van der Waals surface area contributed by atoms with E-state index in [1.165, 1.54) is 18.4 Å². The lowest BCUT2D eigenvalue weighted by Gasteiger charge is -2.26. The minimum absolute atomic E-state index is 0.0434.